The van der Waals surface area contributed by atoms with E-state index in [0.717, 1.165) is 10.2 Å². The quantitative estimate of drug-likeness (QED) is 0.895. The number of benzene rings is 1. The van der Waals surface area contributed by atoms with Crippen molar-refractivity contribution in [2.24, 2.45) is 5.73 Å². The third-order valence-electron chi connectivity index (χ3n) is 1.68. The summed E-state index contributed by atoms with van der Waals surface area (Å²) in [6, 6.07) is 9.04. The smallest absolute Gasteiger partial charge is 0.119 e. The summed E-state index contributed by atoms with van der Waals surface area (Å²) < 4.78 is 6.39. The zero-order chi connectivity index (χ0) is 10.4. The summed E-state index contributed by atoms with van der Waals surface area (Å²) in [6.45, 7) is 0.469. The molecular weight excluding hydrogens is 244 g/mol. The second kappa shape index (κ2) is 5.63. The lowest BCUT2D eigenvalue weighted by molar-refractivity contribution is 0.306. The molecule has 0 amide bonds. The minimum absolute atomic E-state index is 0.439. The van der Waals surface area contributed by atoms with E-state index in [1.807, 2.05) is 30.3 Å². The number of ether oxygens (including phenoxy) is 1. The minimum atomic E-state index is -0.439. The van der Waals surface area contributed by atoms with Crippen molar-refractivity contribution in [2.45, 2.75) is 12.5 Å². The third kappa shape index (κ3) is 3.77. The van der Waals surface area contributed by atoms with Gasteiger partial charge in [0.25, 0.3) is 0 Å². The molecule has 0 spiro atoms. The van der Waals surface area contributed by atoms with Crippen LogP contribution in [0.5, 0.6) is 5.75 Å². The Kier molecular flexibility index (Phi) is 4.44. The van der Waals surface area contributed by atoms with Gasteiger partial charge in [0.1, 0.15) is 5.75 Å². The third-order valence-corrected chi connectivity index (χ3v) is 2.21. The summed E-state index contributed by atoms with van der Waals surface area (Å²) in [6.07, 6.45) is 0.548. The zero-order valence-electron chi connectivity index (χ0n) is 7.61. The minimum Gasteiger partial charge on any atom is -0.493 e. The van der Waals surface area contributed by atoms with Gasteiger partial charge in [-0.2, -0.15) is 5.26 Å². The van der Waals surface area contributed by atoms with E-state index in [1.165, 1.54) is 0 Å². The van der Waals surface area contributed by atoms with Crippen molar-refractivity contribution in [1.29, 1.82) is 5.26 Å². The Morgan fingerprint density at radius 2 is 2.07 bits per heavy atom. The summed E-state index contributed by atoms with van der Waals surface area (Å²) in [5.74, 6) is 0.790. The van der Waals surface area contributed by atoms with Gasteiger partial charge in [-0.15, -0.1) is 0 Å². The summed E-state index contributed by atoms with van der Waals surface area (Å²) >= 11 is 3.33. The number of halogens is 1. The monoisotopic (exact) mass is 254 g/mol. The Hall–Kier alpha value is -1.05. The highest BCUT2D eigenvalue weighted by atomic mass is 79.9. The van der Waals surface area contributed by atoms with E-state index in [9.17, 15) is 0 Å². The van der Waals surface area contributed by atoms with Gasteiger partial charge in [-0.3, -0.25) is 0 Å². The van der Waals surface area contributed by atoms with Gasteiger partial charge in [0.2, 0.25) is 0 Å². The summed E-state index contributed by atoms with van der Waals surface area (Å²) in [5.41, 5.74) is 5.41. The molecule has 1 aromatic carbocycles. The van der Waals surface area contributed by atoms with Crippen LogP contribution >= 0.6 is 15.9 Å². The van der Waals surface area contributed by atoms with Gasteiger partial charge in [-0.05, 0) is 24.3 Å². The molecule has 0 fully saturated rings. The topological polar surface area (TPSA) is 59.0 Å². The molecule has 0 heterocycles. The van der Waals surface area contributed by atoms with E-state index in [4.69, 9.17) is 15.7 Å². The Labute approximate surface area is 91.6 Å². The molecule has 0 saturated carbocycles. The first-order valence-corrected chi connectivity index (χ1v) is 5.05. The lowest BCUT2D eigenvalue weighted by Gasteiger charge is -2.06. The molecule has 1 rings (SSSR count). The number of hydrogen-bond acceptors (Lipinski definition) is 3. The van der Waals surface area contributed by atoms with Crippen molar-refractivity contribution >= 4 is 15.9 Å². The van der Waals surface area contributed by atoms with E-state index in [-0.39, 0.29) is 0 Å². The molecule has 1 aromatic rings. The SMILES string of the molecule is N#CC(N)CCOc1ccc(Br)cc1. The second-order valence-corrected chi connectivity index (χ2v) is 3.74. The van der Waals surface area contributed by atoms with E-state index in [2.05, 4.69) is 15.9 Å². The molecular formula is C10H11BrN2O. The molecule has 0 aliphatic heterocycles. The van der Waals surface area contributed by atoms with Gasteiger partial charge in [0, 0.05) is 10.9 Å². The molecule has 0 bridgehead atoms. The molecule has 3 nitrogen and oxygen atoms in total. The highest BCUT2D eigenvalue weighted by Gasteiger charge is 1.99. The first-order valence-electron chi connectivity index (χ1n) is 4.26. The average molecular weight is 255 g/mol. The standard InChI is InChI=1S/C10H11BrN2O/c11-8-1-3-10(4-2-8)14-6-5-9(13)7-12/h1-4,9H,5-6,13H2. The maximum absolute atomic E-state index is 8.43. The van der Waals surface area contributed by atoms with Gasteiger partial charge >= 0.3 is 0 Å². The summed E-state index contributed by atoms with van der Waals surface area (Å²) in [4.78, 5) is 0. The maximum Gasteiger partial charge on any atom is 0.119 e. The van der Waals surface area contributed by atoms with Gasteiger partial charge in [-0.1, -0.05) is 15.9 Å². The normalized spacial score (nSPS) is 11.8. The fourth-order valence-electron chi connectivity index (χ4n) is 0.899. The van der Waals surface area contributed by atoms with Crippen molar-refractivity contribution in [3.05, 3.63) is 28.7 Å². The molecule has 1 unspecified atom stereocenters. The second-order valence-electron chi connectivity index (χ2n) is 2.83. The predicted molar refractivity (Wildman–Crippen MR) is 57.8 cm³/mol. The first-order chi connectivity index (χ1) is 6.72. The number of rotatable bonds is 4. The Morgan fingerprint density at radius 1 is 1.43 bits per heavy atom. The van der Waals surface area contributed by atoms with Gasteiger partial charge in [0.05, 0.1) is 18.7 Å². The van der Waals surface area contributed by atoms with E-state index in [0.29, 0.717) is 13.0 Å². The maximum atomic E-state index is 8.43. The Bertz CT molecular complexity index is 318. The molecule has 2 N–H and O–H groups in total. The average Bonchev–Trinajstić information content (AvgIpc) is 2.21. The van der Waals surface area contributed by atoms with Crippen LogP contribution in [0, 0.1) is 11.3 Å². The number of nitrogens with zero attached hydrogens (tertiary/aromatic N) is 1. The van der Waals surface area contributed by atoms with Gasteiger partial charge < -0.3 is 10.5 Å². The van der Waals surface area contributed by atoms with Crippen molar-refractivity contribution in [3.8, 4) is 11.8 Å². The molecule has 0 radical (unpaired) electrons. The molecule has 0 saturated heterocycles. The van der Waals surface area contributed by atoms with Crippen LogP contribution in [-0.4, -0.2) is 12.6 Å². The Morgan fingerprint density at radius 3 is 2.64 bits per heavy atom. The molecule has 4 heteroatoms. The molecule has 0 aliphatic carbocycles. The molecule has 14 heavy (non-hydrogen) atoms. The van der Waals surface area contributed by atoms with Crippen LogP contribution in [-0.2, 0) is 0 Å². The van der Waals surface area contributed by atoms with E-state index in [1.54, 1.807) is 0 Å². The van der Waals surface area contributed by atoms with Gasteiger partial charge in [-0.25, -0.2) is 0 Å². The van der Waals surface area contributed by atoms with E-state index >= 15 is 0 Å². The van der Waals surface area contributed by atoms with E-state index < -0.39 is 6.04 Å². The largest absolute Gasteiger partial charge is 0.493 e. The number of hydrogen-bond donors (Lipinski definition) is 1. The molecule has 1 atom stereocenters. The fraction of sp³-hybridized carbons (Fsp3) is 0.300. The molecule has 0 aliphatic rings. The molecule has 0 aromatic heterocycles. The fourth-order valence-corrected chi connectivity index (χ4v) is 1.16. The van der Waals surface area contributed by atoms with Crippen LogP contribution in [0.15, 0.2) is 28.7 Å². The Balaban J connectivity index is 2.32. The lowest BCUT2D eigenvalue weighted by Crippen LogP contribution is -2.20. The van der Waals surface area contributed by atoms with Crippen molar-refractivity contribution in [2.75, 3.05) is 6.61 Å². The lowest BCUT2D eigenvalue weighted by atomic mass is 10.2. The van der Waals surface area contributed by atoms with Crippen molar-refractivity contribution < 1.29 is 4.74 Å². The van der Waals surface area contributed by atoms with Crippen molar-refractivity contribution in [1.82, 2.24) is 0 Å². The summed E-state index contributed by atoms with van der Waals surface area (Å²) in [7, 11) is 0. The van der Waals surface area contributed by atoms with Crippen LogP contribution < -0.4 is 10.5 Å². The van der Waals surface area contributed by atoms with Crippen LogP contribution in [0.3, 0.4) is 0 Å². The van der Waals surface area contributed by atoms with Crippen molar-refractivity contribution in [3.63, 3.8) is 0 Å². The van der Waals surface area contributed by atoms with Crippen LogP contribution in [0.1, 0.15) is 6.42 Å². The number of nitriles is 1. The first kappa shape index (κ1) is 11.0. The number of nitrogens with two attached hydrogens (primary N) is 1. The van der Waals surface area contributed by atoms with Crippen LogP contribution in [0.25, 0.3) is 0 Å². The highest BCUT2D eigenvalue weighted by molar-refractivity contribution is 9.10. The van der Waals surface area contributed by atoms with Crippen LogP contribution in [0.4, 0.5) is 0 Å². The highest BCUT2D eigenvalue weighted by Crippen LogP contribution is 2.16. The van der Waals surface area contributed by atoms with Gasteiger partial charge in [0.15, 0.2) is 0 Å². The molecule has 74 valence electrons. The zero-order valence-corrected chi connectivity index (χ0v) is 9.20. The predicted octanol–water partition coefficient (Wildman–Crippen LogP) is 2.07. The van der Waals surface area contributed by atoms with Crippen LogP contribution in [0.2, 0.25) is 0 Å². The summed E-state index contributed by atoms with van der Waals surface area (Å²) in [5, 5.41) is 8.43.